The maximum atomic E-state index is 6.33. The van der Waals surface area contributed by atoms with Gasteiger partial charge in [0.2, 0.25) is 0 Å². The molecule has 1 aliphatic rings. The van der Waals surface area contributed by atoms with Gasteiger partial charge in [0.15, 0.2) is 0 Å². The molecule has 1 fully saturated rings. The minimum atomic E-state index is 0.371. The molecule has 0 unspecified atom stereocenters. The molecule has 0 spiro atoms. The van der Waals surface area contributed by atoms with Crippen LogP contribution in [0.25, 0.3) is 5.69 Å². The Bertz CT molecular complexity index is 645. The molecule has 1 aromatic carbocycles. The van der Waals surface area contributed by atoms with Crippen LogP contribution in [0.4, 0.5) is 0 Å². The number of rotatable bonds is 5. The third kappa shape index (κ3) is 3.25. The zero-order chi connectivity index (χ0) is 15.0. The molecule has 0 atom stereocenters. The fraction of sp³-hybridized carbons (Fsp3) is 0.438. The molecule has 5 heteroatoms. The molecule has 21 heavy (non-hydrogen) atoms. The van der Waals surface area contributed by atoms with Gasteiger partial charge in [-0.05, 0) is 37.0 Å². The molecule has 2 aromatic rings. The van der Waals surface area contributed by atoms with Crippen LogP contribution in [0.5, 0.6) is 0 Å². The molecule has 1 aliphatic carbocycles. The molecule has 1 N–H and O–H groups in total. The summed E-state index contributed by atoms with van der Waals surface area (Å²) in [6, 6.07) is 6.21. The number of nitrogens with zero attached hydrogens (tertiary/aromatic N) is 2. The highest BCUT2D eigenvalue weighted by atomic mass is 35.5. The maximum Gasteiger partial charge on any atom is 0.0836 e. The number of hydrogen-bond acceptors (Lipinski definition) is 2. The van der Waals surface area contributed by atoms with Crippen LogP contribution in [0, 0.1) is 0 Å². The van der Waals surface area contributed by atoms with E-state index in [1.165, 1.54) is 24.1 Å². The molecule has 1 saturated carbocycles. The van der Waals surface area contributed by atoms with Gasteiger partial charge in [0.25, 0.3) is 0 Å². The van der Waals surface area contributed by atoms with E-state index in [1.54, 1.807) is 6.07 Å². The Balaban J connectivity index is 1.96. The summed E-state index contributed by atoms with van der Waals surface area (Å²) in [7, 11) is 0. The summed E-state index contributed by atoms with van der Waals surface area (Å²) in [4.78, 5) is 0. The number of halogens is 2. The number of nitrogens with one attached hydrogen (secondary N) is 1. The van der Waals surface area contributed by atoms with Crippen molar-refractivity contribution in [3.8, 4) is 5.69 Å². The topological polar surface area (TPSA) is 29.9 Å². The van der Waals surface area contributed by atoms with Crippen molar-refractivity contribution >= 4 is 23.2 Å². The minimum Gasteiger partial charge on any atom is -0.310 e. The minimum absolute atomic E-state index is 0.371. The van der Waals surface area contributed by atoms with Crippen molar-refractivity contribution in [2.75, 3.05) is 0 Å². The SMILES string of the molecule is CC(C)c1c(CNC2CC2)cnn1-c1ccc(Cl)cc1Cl. The van der Waals surface area contributed by atoms with Crippen LogP contribution in [-0.2, 0) is 6.54 Å². The van der Waals surface area contributed by atoms with Crippen molar-refractivity contribution in [1.82, 2.24) is 15.1 Å². The Morgan fingerprint density at radius 3 is 2.71 bits per heavy atom. The highest BCUT2D eigenvalue weighted by Crippen LogP contribution is 2.29. The standard InChI is InChI=1S/C16H19Cl2N3/c1-10(2)16-11(8-19-13-4-5-13)9-20-21(16)15-6-3-12(17)7-14(15)18/h3,6-7,9-10,13,19H,4-5,8H2,1-2H3. The van der Waals surface area contributed by atoms with Gasteiger partial charge in [-0.1, -0.05) is 37.0 Å². The lowest BCUT2D eigenvalue weighted by molar-refractivity contribution is 0.666. The zero-order valence-electron chi connectivity index (χ0n) is 12.2. The first-order valence-electron chi connectivity index (χ1n) is 7.32. The van der Waals surface area contributed by atoms with Gasteiger partial charge in [0.1, 0.15) is 0 Å². The van der Waals surface area contributed by atoms with Crippen molar-refractivity contribution in [1.29, 1.82) is 0 Å². The molecule has 1 aromatic heterocycles. The largest absolute Gasteiger partial charge is 0.310 e. The first-order chi connectivity index (χ1) is 10.1. The molecule has 1 heterocycles. The second-order valence-electron chi connectivity index (χ2n) is 5.87. The van der Waals surface area contributed by atoms with Crippen molar-refractivity contribution in [2.24, 2.45) is 0 Å². The maximum absolute atomic E-state index is 6.33. The number of benzene rings is 1. The van der Waals surface area contributed by atoms with E-state index < -0.39 is 0 Å². The van der Waals surface area contributed by atoms with Crippen LogP contribution >= 0.6 is 23.2 Å². The summed E-state index contributed by atoms with van der Waals surface area (Å²) in [5, 5.41) is 9.35. The fourth-order valence-electron chi connectivity index (χ4n) is 2.53. The van der Waals surface area contributed by atoms with E-state index in [0.717, 1.165) is 12.2 Å². The quantitative estimate of drug-likeness (QED) is 0.874. The van der Waals surface area contributed by atoms with Crippen molar-refractivity contribution in [3.05, 3.63) is 45.7 Å². The molecule has 0 amide bonds. The zero-order valence-corrected chi connectivity index (χ0v) is 13.7. The van der Waals surface area contributed by atoms with E-state index >= 15 is 0 Å². The van der Waals surface area contributed by atoms with Crippen LogP contribution in [-0.4, -0.2) is 15.8 Å². The normalized spacial score (nSPS) is 14.9. The second-order valence-corrected chi connectivity index (χ2v) is 6.72. The molecule has 0 radical (unpaired) electrons. The Kier molecular flexibility index (Phi) is 4.25. The molecule has 0 bridgehead atoms. The molecular formula is C16H19Cl2N3. The molecule has 3 rings (SSSR count). The number of aromatic nitrogens is 2. The van der Waals surface area contributed by atoms with Gasteiger partial charge >= 0.3 is 0 Å². The average Bonchev–Trinajstić information content (AvgIpc) is 3.15. The molecule has 3 nitrogen and oxygen atoms in total. The van der Waals surface area contributed by atoms with Gasteiger partial charge < -0.3 is 5.32 Å². The van der Waals surface area contributed by atoms with Crippen LogP contribution in [0.2, 0.25) is 10.0 Å². The molecule has 0 saturated heterocycles. The molecule has 112 valence electrons. The van der Waals surface area contributed by atoms with Crippen LogP contribution in [0.3, 0.4) is 0 Å². The van der Waals surface area contributed by atoms with Gasteiger partial charge in [0.05, 0.1) is 22.6 Å². The van der Waals surface area contributed by atoms with E-state index in [9.17, 15) is 0 Å². The van der Waals surface area contributed by atoms with Crippen molar-refractivity contribution in [3.63, 3.8) is 0 Å². The first-order valence-corrected chi connectivity index (χ1v) is 8.07. The van der Waals surface area contributed by atoms with Gasteiger partial charge in [-0.3, -0.25) is 0 Å². The Hall–Kier alpha value is -1.03. The third-order valence-corrected chi connectivity index (χ3v) is 4.27. The summed E-state index contributed by atoms with van der Waals surface area (Å²) >= 11 is 12.3. The summed E-state index contributed by atoms with van der Waals surface area (Å²) < 4.78 is 1.94. The van der Waals surface area contributed by atoms with Gasteiger partial charge in [0, 0.05) is 23.2 Å². The van der Waals surface area contributed by atoms with Gasteiger partial charge in [-0.2, -0.15) is 5.10 Å². The summed E-state index contributed by atoms with van der Waals surface area (Å²) in [5.41, 5.74) is 3.32. The first kappa shape index (κ1) is 14.9. The fourth-order valence-corrected chi connectivity index (χ4v) is 3.02. The van der Waals surface area contributed by atoms with Crippen molar-refractivity contribution in [2.45, 2.75) is 45.2 Å². The summed E-state index contributed by atoms with van der Waals surface area (Å²) in [6.07, 6.45) is 4.51. The predicted molar refractivity (Wildman–Crippen MR) is 87.5 cm³/mol. The van der Waals surface area contributed by atoms with E-state index in [1.807, 2.05) is 23.0 Å². The highest BCUT2D eigenvalue weighted by molar-refractivity contribution is 6.35. The molecular weight excluding hydrogens is 305 g/mol. The van der Waals surface area contributed by atoms with Crippen LogP contribution in [0.15, 0.2) is 24.4 Å². The van der Waals surface area contributed by atoms with Crippen LogP contribution < -0.4 is 5.32 Å². The highest BCUT2D eigenvalue weighted by Gasteiger charge is 2.22. The van der Waals surface area contributed by atoms with Gasteiger partial charge in [-0.15, -0.1) is 0 Å². The molecule has 0 aliphatic heterocycles. The smallest absolute Gasteiger partial charge is 0.0836 e. The average molecular weight is 324 g/mol. The Labute approximate surface area is 135 Å². The summed E-state index contributed by atoms with van der Waals surface area (Å²) in [5.74, 6) is 0.371. The summed E-state index contributed by atoms with van der Waals surface area (Å²) in [6.45, 7) is 5.22. The van der Waals surface area contributed by atoms with E-state index in [2.05, 4.69) is 24.3 Å². The van der Waals surface area contributed by atoms with E-state index in [0.29, 0.717) is 22.0 Å². The lowest BCUT2D eigenvalue weighted by atomic mass is 10.1. The Morgan fingerprint density at radius 1 is 1.33 bits per heavy atom. The van der Waals surface area contributed by atoms with E-state index in [-0.39, 0.29) is 0 Å². The monoisotopic (exact) mass is 323 g/mol. The Morgan fingerprint density at radius 2 is 2.10 bits per heavy atom. The van der Waals surface area contributed by atoms with Crippen molar-refractivity contribution < 1.29 is 0 Å². The lowest BCUT2D eigenvalue weighted by Gasteiger charge is -2.14. The number of hydrogen-bond donors (Lipinski definition) is 1. The third-order valence-electron chi connectivity index (χ3n) is 3.73. The second kappa shape index (κ2) is 5.99. The van der Waals surface area contributed by atoms with Crippen LogP contribution in [0.1, 0.15) is 43.9 Å². The van der Waals surface area contributed by atoms with E-state index in [4.69, 9.17) is 23.2 Å². The van der Waals surface area contributed by atoms with Gasteiger partial charge in [-0.25, -0.2) is 4.68 Å². The predicted octanol–water partition coefficient (Wildman–Crippen LogP) is 4.55. The lowest BCUT2D eigenvalue weighted by Crippen LogP contribution is -2.17.